The summed E-state index contributed by atoms with van der Waals surface area (Å²) < 4.78 is 5.68. The van der Waals surface area contributed by atoms with E-state index in [0.717, 1.165) is 23.3 Å². The highest BCUT2D eigenvalue weighted by Gasteiger charge is 2.38. The lowest BCUT2D eigenvalue weighted by molar-refractivity contribution is -0.385. The van der Waals surface area contributed by atoms with Gasteiger partial charge in [-0.25, -0.2) is 4.79 Å². The smallest absolute Gasteiger partial charge is 0.410 e. The molecule has 0 bridgehead atoms. The molecule has 168 valence electrons. The molecule has 1 N–H and O–H groups in total. The number of rotatable bonds is 6. The number of hydrogen-bond donors (Lipinski definition) is 1. The van der Waals surface area contributed by atoms with Gasteiger partial charge in [0.2, 0.25) is 0 Å². The first-order valence-corrected chi connectivity index (χ1v) is 12.0. The first-order valence-electron chi connectivity index (χ1n) is 9.92. The van der Waals surface area contributed by atoms with E-state index < -0.39 is 10.8 Å². The molecule has 2 aromatic carbocycles. The number of carbonyl (C=O) groups is 2. The number of cyclic esters (lactones) is 1. The third-order valence-corrected chi connectivity index (χ3v) is 7.98. The zero-order valence-corrected chi connectivity index (χ0v) is 19.9. The van der Waals surface area contributed by atoms with Crippen LogP contribution in [-0.2, 0) is 11.3 Å². The minimum Gasteiger partial charge on any atom is -0.447 e. The second kappa shape index (κ2) is 9.68. The lowest BCUT2D eigenvalue weighted by atomic mass is 10.0. The summed E-state index contributed by atoms with van der Waals surface area (Å²) in [6.45, 7) is 1.22. The molecule has 2 fully saturated rings. The molecule has 2 amide bonds. The topological polar surface area (TPSA) is 102 Å². The minimum absolute atomic E-state index is 0.00600. The number of hydrogen-bond acceptors (Lipinski definition) is 6. The molecule has 4 rings (SSSR count). The number of nitrogens with zero attached hydrogens (tertiary/aromatic N) is 2. The zero-order valence-electron chi connectivity index (χ0n) is 16.8. The normalized spacial score (nSPS) is 19.9. The molecule has 0 spiro atoms. The second-order valence-corrected chi connectivity index (χ2v) is 10.2. The molecule has 2 heterocycles. The Morgan fingerprint density at radius 1 is 1.34 bits per heavy atom. The average Bonchev–Trinajstić information content (AvgIpc) is 3.14. The third kappa shape index (κ3) is 5.02. The number of nitro benzene ring substituents is 1. The van der Waals surface area contributed by atoms with Crippen LogP contribution < -0.4 is 5.32 Å². The van der Waals surface area contributed by atoms with E-state index in [-0.39, 0.29) is 35.2 Å². The van der Waals surface area contributed by atoms with E-state index in [0.29, 0.717) is 22.6 Å². The first kappa shape index (κ1) is 22.9. The van der Waals surface area contributed by atoms with Crippen molar-refractivity contribution in [2.24, 2.45) is 0 Å². The molecule has 0 saturated carbocycles. The fourth-order valence-corrected chi connectivity index (χ4v) is 5.79. The summed E-state index contributed by atoms with van der Waals surface area (Å²) in [4.78, 5) is 38.0. The Morgan fingerprint density at radius 2 is 2.09 bits per heavy atom. The highest BCUT2D eigenvalue weighted by atomic mass is 79.9. The van der Waals surface area contributed by atoms with Gasteiger partial charge < -0.3 is 15.0 Å². The zero-order chi connectivity index (χ0) is 22.8. The van der Waals surface area contributed by atoms with E-state index in [1.807, 2.05) is 0 Å². The molecular weight excluding hydrogens is 522 g/mol. The van der Waals surface area contributed by atoms with Crippen molar-refractivity contribution in [3.63, 3.8) is 0 Å². The Bertz CT molecular complexity index is 1070. The van der Waals surface area contributed by atoms with Crippen LogP contribution in [0.2, 0.25) is 5.02 Å². The summed E-state index contributed by atoms with van der Waals surface area (Å²) in [5.41, 5.74) is 0.572. The van der Waals surface area contributed by atoms with Crippen LogP contribution in [0.5, 0.6) is 0 Å². The Hall–Kier alpha value is -2.30. The van der Waals surface area contributed by atoms with E-state index in [4.69, 9.17) is 16.3 Å². The van der Waals surface area contributed by atoms with Crippen LogP contribution in [0.25, 0.3) is 0 Å². The van der Waals surface area contributed by atoms with Gasteiger partial charge in [0, 0.05) is 38.8 Å². The van der Waals surface area contributed by atoms with Crippen molar-refractivity contribution < 1.29 is 19.2 Å². The molecule has 0 unspecified atom stereocenters. The number of halogens is 2. The quantitative estimate of drug-likeness (QED) is 0.408. The van der Waals surface area contributed by atoms with Gasteiger partial charge in [-0.3, -0.25) is 14.9 Å². The van der Waals surface area contributed by atoms with Crippen LogP contribution >= 0.6 is 39.3 Å². The molecule has 2 atom stereocenters. The van der Waals surface area contributed by atoms with Crippen molar-refractivity contribution >= 4 is 57.0 Å². The second-order valence-electron chi connectivity index (χ2n) is 7.55. The third-order valence-electron chi connectivity index (χ3n) is 5.45. The summed E-state index contributed by atoms with van der Waals surface area (Å²) in [5.74, 6) is -0.523. The maximum atomic E-state index is 12.8. The van der Waals surface area contributed by atoms with Gasteiger partial charge in [-0.1, -0.05) is 23.7 Å². The minimum atomic E-state index is -0.559. The number of fused-ring (bicyclic) bond motifs is 1. The van der Waals surface area contributed by atoms with E-state index in [2.05, 4.69) is 21.2 Å². The maximum Gasteiger partial charge on any atom is 0.410 e. The van der Waals surface area contributed by atoms with Crippen LogP contribution in [0.4, 0.5) is 10.5 Å². The van der Waals surface area contributed by atoms with Gasteiger partial charge in [-0.05, 0) is 52.5 Å². The summed E-state index contributed by atoms with van der Waals surface area (Å²) in [6.07, 6.45) is 1.27. The van der Waals surface area contributed by atoms with Crippen molar-refractivity contribution in [1.29, 1.82) is 0 Å². The standard InChI is InChI=1S/C21H19BrClN3O5S/c22-17-9-18(26(29)30)16(20(27)24-10-12-1-3-13(23)4-2-12)8-19(17)32-15-5-6-25-14(7-15)11-31-21(25)28/h1-4,8-9,14-15H,5-7,10-11H2,(H,24,27)/t14-,15-/m0/s1. The summed E-state index contributed by atoms with van der Waals surface area (Å²) >= 11 is 10.8. The van der Waals surface area contributed by atoms with Gasteiger partial charge in [0.1, 0.15) is 12.2 Å². The lowest BCUT2D eigenvalue weighted by Gasteiger charge is -2.32. The highest BCUT2D eigenvalue weighted by molar-refractivity contribution is 9.10. The Balaban J connectivity index is 1.50. The molecule has 0 radical (unpaired) electrons. The summed E-state index contributed by atoms with van der Waals surface area (Å²) in [5, 5.41) is 15.1. The van der Waals surface area contributed by atoms with Gasteiger partial charge in [0.25, 0.3) is 11.6 Å². The van der Waals surface area contributed by atoms with E-state index in [1.165, 1.54) is 6.07 Å². The van der Waals surface area contributed by atoms with Gasteiger partial charge in [-0.2, -0.15) is 0 Å². The predicted molar refractivity (Wildman–Crippen MR) is 124 cm³/mol. The Labute approximate surface area is 201 Å². The number of piperidine rings is 1. The molecule has 32 heavy (non-hydrogen) atoms. The molecule has 11 heteroatoms. The van der Waals surface area contributed by atoms with Gasteiger partial charge >= 0.3 is 6.09 Å². The molecule has 2 saturated heterocycles. The van der Waals surface area contributed by atoms with Crippen molar-refractivity contribution in [2.45, 2.75) is 35.6 Å². The molecule has 0 aromatic heterocycles. The van der Waals surface area contributed by atoms with Gasteiger partial charge in [-0.15, -0.1) is 11.8 Å². The molecule has 8 nitrogen and oxygen atoms in total. The number of nitrogens with one attached hydrogen (secondary N) is 1. The van der Waals surface area contributed by atoms with Crippen LogP contribution in [0.15, 0.2) is 45.8 Å². The number of carbonyl (C=O) groups excluding carboxylic acids is 2. The van der Waals surface area contributed by atoms with Crippen molar-refractivity contribution in [3.8, 4) is 0 Å². The lowest BCUT2D eigenvalue weighted by Crippen LogP contribution is -2.41. The maximum absolute atomic E-state index is 12.8. The fraction of sp³-hybridized carbons (Fsp3) is 0.333. The molecule has 2 aliphatic heterocycles. The number of thioether (sulfide) groups is 1. The van der Waals surface area contributed by atoms with Crippen molar-refractivity contribution in [2.75, 3.05) is 13.2 Å². The molecule has 2 aromatic rings. The van der Waals surface area contributed by atoms with Crippen molar-refractivity contribution in [3.05, 3.63) is 67.1 Å². The number of benzene rings is 2. The van der Waals surface area contributed by atoms with Crippen LogP contribution in [-0.4, -0.2) is 46.3 Å². The predicted octanol–water partition coefficient (Wildman–Crippen LogP) is 5.02. The van der Waals surface area contributed by atoms with Crippen LogP contribution in [0, 0.1) is 10.1 Å². The van der Waals surface area contributed by atoms with E-state index in [9.17, 15) is 19.7 Å². The summed E-state index contributed by atoms with van der Waals surface area (Å²) in [7, 11) is 0. The van der Waals surface area contributed by atoms with Crippen LogP contribution in [0.1, 0.15) is 28.8 Å². The highest BCUT2D eigenvalue weighted by Crippen LogP contribution is 2.40. The number of amides is 2. The van der Waals surface area contributed by atoms with Gasteiger partial charge in [0.05, 0.1) is 11.0 Å². The molecule has 0 aliphatic carbocycles. The Kier molecular flexibility index (Phi) is 6.92. The summed E-state index contributed by atoms with van der Waals surface area (Å²) in [6, 6.07) is 9.98. The van der Waals surface area contributed by atoms with E-state index in [1.54, 1.807) is 47.0 Å². The molecular formula is C21H19BrClN3O5S. The number of ether oxygens (including phenoxy) is 1. The van der Waals surface area contributed by atoms with E-state index >= 15 is 0 Å². The number of nitro groups is 1. The van der Waals surface area contributed by atoms with Crippen molar-refractivity contribution in [1.82, 2.24) is 10.2 Å². The largest absolute Gasteiger partial charge is 0.447 e. The fourth-order valence-electron chi connectivity index (χ4n) is 3.80. The first-order chi connectivity index (χ1) is 15.3. The Morgan fingerprint density at radius 3 is 2.81 bits per heavy atom. The van der Waals surface area contributed by atoms with Crippen LogP contribution in [0.3, 0.4) is 0 Å². The molecule has 2 aliphatic rings. The SMILES string of the molecule is O=C(NCc1ccc(Cl)cc1)c1cc(S[C@H]2CCN3C(=O)OC[C@@H]3C2)c(Br)cc1[N+](=O)[O-]. The monoisotopic (exact) mass is 539 g/mol. The average molecular weight is 541 g/mol. The van der Waals surface area contributed by atoms with Gasteiger partial charge in [0.15, 0.2) is 0 Å².